The van der Waals surface area contributed by atoms with E-state index in [1.165, 1.54) is 0 Å². The number of anilines is 1. The Balaban J connectivity index is 1.74. The van der Waals surface area contributed by atoms with Crippen LogP contribution in [0.5, 0.6) is 5.75 Å². The van der Waals surface area contributed by atoms with E-state index in [1.807, 2.05) is 36.4 Å². The first-order chi connectivity index (χ1) is 12.1. The van der Waals surface area contributed by atoms with Gasteiger partial charge in [0, 0.05) is 36.5 Å². The van der Waals surface area contributed by atoms with Gasteiger partial charge < -0.3 is 10.0 Å². The number of hydrogen-bond donors (Lipinski definition) is 1. The number of hydrogen-bond acceptors (Lipinski definition) is 4. The van der Waals surface area contributed by atoms with Crippen molar-refractivity contribution in [3.05, 3.63) is 75.8 Å². The molecule has 126 valence electrons. The van der Waals surface area contributed by atoms with Crippen LogP contribution in [0, 0.1) is 10.1 Å². The molecule has 0 aliphatic carbocycles. The first-order valence-electron chi connectivity index (χ1n) is 8.35. The first-order valence-corrected chi connectivity index (χ1v) is 8.35. The van der Waals surface area contributed by atoms with E-state index in [4.69, 9.17) is 0 Å². The topological polar surface area (TPSA) is 66.6 Å². The van der Waals surface area contributed by atoms with E-state index in [-0.39, 0.29) is 16.4 Å². The van der Waals surface area contributed by atoms with Crippen molar-refractivity contribution in [2.45, 2.75) is 19.4 Å². The molecule has 0 fully saturated rings. The van der Waals surface area contributed by atoms with Crippen LogP contribution in [0.1, 0.15) is 17.5 Å². The third kappa shape index (κ3) is 2.78. The van der Waals surface area contributed by atoms with E-state index in [0.29, 0.717) is 6.54 Å². The number of aromatic hydroxyl groups is 1. The molecule has 0 bridgehead atoms. The summed E-state index contributed by atoms with van der Waals surface area (Å²) in [5, 5.41) is 23.5. The molecule has 0 unspecified atom stereocenters. The fourth-order valence-electron chi connectivity index (χ4n) is 3.62. The van der Waals surface area contributed by atoms with E-state index >= 15 is 0 Å². The van der Waals surface area contributed by atoms with Gasteiger partial charge in [-0.05, 0) is 41.3 Å². The Labute approximate surface area is 145 Å². The number of rotatable bonds is 3. The summed E-state index contributed by atoms with van der Waals surface area (Å²) in [5.41, 5.74) is 3.04. The summed E-state index contributed by atoms with van der Waals surface area (Å²) < 4.78 is 0. The van der Waals surface area contributed by atoms with Gasteiger partial charge in [-0.15, -0.1) is 0 Å². The fraction of sp³-hybridized carbons (Fsp3) is 0.200. The molecule has 1 aliphatic rings. The van der Waals surface area contributed by atoms with Gasteiger partial charge in [0.15, 0.2) is 0 Å². The van der Waals surface area contributed by atoms with Crippen molar-refractivity contribution in [3.8, 4) is 5.75 Å². The van der Waals surface area contributed by atoms with Crippen LogP contribution in [0.25, 0.3) is 10.8 Å². The highest BCUT2D eigenvalue weighted by Crippen LogP contribution is 2.34. The SMILES string of the molecule is O=[N+]([O-])c1ccc2c(c1)CCCN2Cc1c(O)ccc2ccccc12. The van der Waals surface area contributed by atoms with Crippen molar-refractivity contribution < 1.29 is 10.0 Å². The Hall–Kier alpha value is -3.08. The summed E-state index contributed by atoms with van der Waals surface area (Å²) in [5.74, 6) is 0.285. The Morgan fingerprint density at radius 2 is 1.96 bits per heavy atom. The van der Waals surface area contributed by atoms with Crippen molar-refractivity contribution in [2.24, 2.45) is 0 Å². The van der Waals surface area contributed by atoms with Crippen LogP contribution in [-0.2, 0) is 13.0 Å². The minimum Gasteiger partial charge on any atom is -0.508 e. The molecule has 5 heteroatoms. The van der Waals surface area contributed by atoms with Gasteiger partial charge in [-0.3, -0.25) is 10.1 Å². The maximum atomic E-state index is 11.0. The van der Waals surface area contributed by atoms with Gasteiger partial charge in [0.1, 0.15) is 5.75 Å². The van der Waals surface area contributed by atoms with Crippen LogP contribution < -0.4 is 4.90 Å². The molecule has 1 aliphatic heterocycles. The summed E-state index contributed by atoms with van der Waals surface area (Å²) in [4.78, 5) is 12.9. The number of fused-ring (bicyclic) bond motifs is 2. The number of nitro groups is 1. The fourth-order valence-corrected chi connectivity index (χ4v) is 3.62. The summed E-state index contributed by atoms with van der Waals surface area (Å²) in [6.45, 7) is 1.45. The molecule has 0 spiro atoms. The predicted octanol–water partition coefficient (Wildman–Crippen LogP) is 4.41. The lowest BCUT2D eigenvalue weighted by Gasteiger charge is -2.31. The average molecular weight is 334 g/mol. The van der Waals surface area contributed by atoms with E-state index in [9.17, 15) is 15.2 Å². The van der Waals surface area contributed by atoms with Gasteiger partial charge in [0.2, 0.25) is 0 Å². The van der Waals surface area contributed by atoms with E-state index < -0.39 is 0 Å². The lowest BCUT2D eigenvalue weighted by Crippen LogP contribution is -2.29. The molecule has 25 heavy (non-hydrogen) atoms. The third-order valence-corrected chi connectivity index (χ3v) is 4.85. The summed E-state index contributed by atoms with van der Waals surface area (Å²) in [6, 6.07) is 16.7. The molecule has 3 aromatic rings. The zero-order valence-corrected chi connectivity index (χ0v) is 13.7. The molecule has 0 saturated heterocycles. The molecule has 5 nitrogen and oxygen atoms in total. The van der Waals surface area contributed by atoms with Crippen LogP contribution >= 0.6 is 0 Å². The smallest absolute Gasteiger partial charge is 0.269 e. The van der Waals surface area contributed by atoms with Gasteiger partial charge in [0.25, 0.3) is 5.69 Å². The minimum absolute atomic E-state index is 0.133. The maximum absolute atomic E-state index is 11.0. The second-order valence-electron chi connectivity index (χ2n) is 6.38. The van der Waals surface area contributed by atoms with E-state index in [0.717, 1.165) is 47.0 Å². The average Bonchev–Trinajstić information content (AvgIpc) is 2.63. The monoisotopic (exact) mass is 334 g/mol. The van der Waals surface area contributed by atoms with Crippen molar-refractivity contribution in [2.75, 3.05) is 11.4 Å². The second kappa shape index (κ2) is 6.09. The molecule has 3 aromatic carbocycles. The molecule has 0 radical (unpaired) electrons. The van der Waals surface area contributed by atoms with Crippen molar-refractivity contribution in [1.82, 2.24) is 0 Å². The molecule has 0 saturated carbocycles. The number of nitro benzene ring substituents is 1. The number of phenols is 1. The van der Waals surface area contributed by atoms with Gasteiger partial charge in [-0.2, -0.15) is 0 Å². The van der Waals surface area contributed by atoms with E-state index in [1.54, 1.807) is 18.2 Å². The largest absolute Gasteiger partial charge is 0.508 e. The Kier molecular flexibility index (Phi) is 3.76. The number of phenolic OH excluding ortho intramolecular Hbond substituents is 1. The second-order valence-corrected chi connectivity index (χ2v) is 6.38. The molecule has 0 atom stereocenters. The minimum atomic E-state index is -0.351. The Morgan fingerprint density at radius 1 is 1.12 bits per heavy atom. The number of non-ortho nitro benzene ring substituents is 1. The molecule has 0 amide bonds. The van der Waals surface area contributed by atoms with Crippen molar-refractivity contribution >= 4 is 22.1 Å². The number of nitrogens with zero attached hydrogens (tertiary/aromatic N) is 2. The summed E-state index contributed by atoms with van der Waals surface area (Å²) >= 11 is 0. The maximum Gasteiger partial charge on any atom is 0.269 e. The Bertz CT molecular complexity index is 968. The summed E-state index contributed by atoms with van der Waals surface area (Å²) in [6.07, 6.45) is 1.79. The van der Waals surface area contributed by atoms with Crippen LogP contribution in [-0.4, -0.2) is 16.6 Å². The van der Waals surface area contributed by atoms with Crippen molar-refractivity contribution in [1.29, 1.82) is 0 Å². The standard InChI is InChI=1S/C20H18N2O3/c23-20-10-7-14-4-1-2-6-17(14)18(20)13-21-11-3-5-15-12-16(22(24)25)8-9-19(15)21/h1-2,4,6-10,12,23H,3,5,11,13H2. The predicted molar refractivity (Wildman–Crippen MR) is 98.1 cm³/mol. The van der Waals surface area contributed by atoms with Gasteiger partial charge in [-0.1, -0.05) is 30.3 Å². The van der Waals surface area contributed by atoms with Crippen LogP contribution in [0.3, 0.4) is 0 Å². The van der Waals surface area contributed by atoms with Gasteiger partial charge in [-0.25, -0.2) is 0 Å². The summed E-state index contributed by atoms with van der Waals surface area (Å²) in [7, 11) is 0. The molecule has 0 aromatic heterocycles. The van der Waals surface area contributed by atoms with Gasteiger partial charge >= 0.3 is 0 Å². The van der Waals surface area contributed by atoms with Crippen molar-refractivity contribution in [3.63, 3.8) is 0 Å². The highest BCUT2D eigenvalue weighted by Gasteiger charge is 2.21. The van der Waals surface area contributed by atoms with Crippen LogP contribution in [0.15, 0.2) is 54.6 Å². The quantitative estimate of drug-likeness (QED) is 0.569. The molecular weight excluding hydrogens is 316 g/mol. The molecule has 1 heterocycles. The van der Waals surface area contributed by atoms with E-state index in [2.05, 4.69) is 4.90 Å². The highest BCUT2D eigenvalue weighted by atomic mass is 16.6. The molecule has 4 rings (SSSR count). The number of benzene rings is 3. The lowest BCUT2D eigenvalue weighted by atomic mass is 9.98. The first kappa shape index (κ1) is 15.4. The van der Waals surface area contributed by atoms with Gasteiger partial charge in [0.05, 0.1) is 4.92 Å². The highest BCUT2D eigenvalue weighted by molar-refractivity contribution is 5.88. The zero-order chi connectivity index (χ0) is 17.4. The lowest BCUT2D eigenvalue weighted by molar-refractivity contribution is -0.384. The van der Waals surface area contributed by atoms with Crippen LogP contribution in [0.2, 0.25) is 0 Å². The zero-order valence-electron chi connectivity index (χ0n) is 13.7. The number of aryl methyl sites for hydroxylation is 1. The normalized spacial score (nSPS) is 13.7. The van der Waals surface area contributed by atoms with Crippen LogP contribution in [0.4, 0.5) is 11.4 Å². The Morgan fingerprint density at radius 3 is 2.80 bits per heavy atom. The molecule has 1 N–H and O–H groups in total. The molecular formula is C20H18N2O3. The third-order valence-electron chi connectivity index (χ3n) is 4.85.